The van der Waals surface area contributed by atoms with Crippen molar-refractivity contribution in [1.29, 1.82) is 0 Å². The lowest BCUT2D eigenvalue weighted by Gasteiger charge is -2.07. The van der Waals surface area contributed by atoms with Crippen molar-refractivity contribution in [3.05, 3.63) is 70.1 Å². The molecule has 0 atom stereocenters. The van der Waals surface area contributed by atoms with E-state index < -0.39 is 0 Å². The summed E-state index contributed by atoms with van der Waals surface area (Å²) in [4.78, 5) is 12.5. The van der Waals surface area contributed by atoms with Crippen LogP contribution in [0.1, 0.15) is 11.1 Å². The lowest BCUT2D eigenvalue weighted by atomic mass is 10.1. The van der Waals surface area contributed by atoms with Gasteiger partial charge in [-0.1, -0.05) is 24.3 Å². The molecule has 106 valence electrons. The third-order valence-corrected chi connectivity index (χ3v) is 4.35. The number of benzene rings is 2. The van der Waals surface area contributed by atoms with E-state index in [2.05, 4.69) is 0 Å². The Morgan fingerprint density at radius 3 is 2.76 bits per heavy atom. The normalized spacial score (nSPS) is 10.9. The number of thioether (sulfide) groups is 1. The number of aromatic hydroxyl groups is 1. The van der Waals surface area contributed by atoms with Gasteiger partial charge in [-0.05, 0) is 36.2 Å². The van der Waals surface area contributed by atoms with Crippen LogP contribution in [-0.4, -0.2) is 5.11 Å². The van der Waals surface area contributed by atoms with E-state index in [1.54, 1.807) is 12.1 Å². The zero-order valence-corrected chi connectivity index (χ0v) is 12.3. The summed E-state index contributed by atoms with van der Waals surface area (Å²) in [6.45, 7) is 1.96. The molecule has 0 unspecified atom stereocenters. The Balaban J connectivity index is 1.97. The summed E-state index contributed by atoms with van der Waals surface area (Å²) in [6, 6.07) is 14.5. The minimum Gasteiger partial charge on any atom is -0.507 e. The third kappa shape index (κ3) is 2.95. The molecule has 0 aliphatic carbocycles. The molecular formula is C17H14O3S. The molecule has 0 aliphatic rings. The fraction of sp³-hybridized carbons (Fsp3) is 0.118. The predicted molar refractivity (Wildman–Crippen MR) is 84.9 cm³/mol. The Morgan fingerprint density at radius 1 is 1.14 bits per heavy atom. The SMILES string of the molecule is Cc1ccc2c(CSc3ccccc3O)cc(=O)oc2c1. The van der Waals surface area contributed by atoms with Crippen LogP contribution in [0.2, 0.25) is 0 Å². The van der Waals surface area contributed by atoms with Crippen LogP contribution in [0.3, 0.4) is 0 Å². The molecule has 0 fully saturated rings. The molecule has 0 saturated carbocycles. The van der Waals surface area contributed by atoms with Gasteiger partial charge in [-0.25, -0.2) is 4.79 Å². The Labute approximate surface area is 126 Å². The van der Waals surface area contributed by atoms with Gasteiger partial charge in [-0.3, -0.25) is 0 Å². The van der Waals surface area contributed by atoms with E-state index in [1.165, 1.54) is 17.8 Å². The second kappa shape index (κ2) is 5.66. The number of para-hydroxylation sites is 1. The Kier molecular flexibility index (Phi) is 3.71. The number of fused-ring (bicyclic) bond motifs is 1. The highest BCUT2D eigenvalue weighted by Gasteiger charge is 2.08. The number of hydrogen-bond acceptors (Lipinski definition) is 4. The molecule has 3 nitrogen and oxygen atoms in total. The highest BCUT2D eigenvalue weighted by atomic mass is 32.2. The van der Waals surface area contributed by atoms with E-state index in [1.807, 2.05) is 37.3 Å². The summed E-state index contributed by atoms with van der Waals surface area (Å²) in [6.07, 6.45) is 0. The van der Waals surface area contributed by atoms with Crippen molar-refractivity contribution in [2.24, 2.45) is 0 Å². The van der Waals surface area contributed by atoms with Crippen molar-refractivity contribution in [2.45, 2.75) is 17.6 Å². The second-order valence-corrected chi connectivity index (χ2v) is 5.86. The summed E-state index contributed by atoms with van der Waals surface area (Å²) < 4.78 is 5.24. The molecule has 0 aliphatic heterocycles. The van der Waals surface area contributed by atoms with Crippen LogP contribution in [0, 0.1) is 6.92 Å². The first-order valence-corrected chi connectivity index (χ1v) is 7.56. The second-order valence-electron chi connectivity index (χ2n) is 4.85. The molecule has 0 bridgehead atoms. The smallest absolute Gasteiger partial charge is 0.336 e. The molecule has 4 heteroatoms. The highest BCUT2D eigenvalue weighted by Crippen LogP contribution is 2.32. The van der Waals surface area contributed by atoms with E-state index in [0.717, 1.165) is 21.4 Å². The molecule has 0 amide bonds. The number of rotatable bonds is 3. The minimum absolute atomic E-state index is 0.255. The molecular weight excluding hydrogens is 284 g/mol. The standard InChI is InChI=1S/C17H14O3S/c1-11-6-7-13-12(9-17(19)20-15(13)8-11)10-21-16-5-3-2-4-14(16)18/h2-9,18H,10H2,1H3. The van der Waals surface area contributed by atoms with E-state index in [4.69, 9.17) is 4.42 Å². The van der Waals surface area contributed by atoms with Gasteiger partial charge in [0.05, 0.1) is 0 Å². The zero-order chi connectivity index (χ0) is 14.8. The van der Waals surface area contributed by atoms with Gasteiger partial charge in [0.25, 0.3) is 0 Å². The lowest BCUT2D eigenvalue weighted by Crippen LogP contribution is -2.00. The van der Waals surface area contributed by atoms with E-state index in [9.17, 15) is 9.90 Å². The van der Waals surface area contributed by atoms with Gasteiger partial charge in [-0.15, -0.1) is 11.8 Å². The zero-order valence-electron chi connectivity index (χ0n) is 11.5. The monoisotopic (exact) mass is 298 g/mol. The molecule has 1 heterocycles. The maximum absolute atomic E-state index is 11.7. The van der Waals surface area contributed by atoms with Gasteiger partial charge in [-0.2, -0.15) is 0 Å². The van der Waals surface area contributed by atoms with Crippen LogP contribution in [0.4, 0.5) is 0 Å². The van der Waals surface area contributed by atoms with Crippen LogP contribution < -0.4 is 5.63 Å². The van der Waals surface area contributed by atoms with E-state index in [-0.39, 0.29) is 11.4 Å². The van der Waals surface area contributed by atoms with E-state index in [0.29, 0.717) is 11.3 Å². The number of phenols is 1. The molecule has 2 aromatic carbocycles. The summed E-state index contributed by atoms with van der Waals surface area (Å²) in [7, 11) is 0. The molecule has 0 radical (unpaired) electrons. The van der Waals surface area contributed by atoms with Crippen LogP contribution >= 0.6 is 11.8 Å². The summed E-state index contributed by atoms with van der Waals surface area (Å²) in [5.74, 6) is 0.855. The molecule has 3 aromatic rings. The Hall–Kier alpha value is -2.20. The van der Waals surface area contributed by atoms with Crippen LogP contribution in [0.25, 0.3) is 11.0 Å². The third-order valence-electron chi connectivity index (χ3n) is 3.23. The van der Waals surface area contributed by atoms with Crippen molar-refractivity contribution < 1.29 is 9.52 Å². The summed E-state index contributed by atoms with van der Waals surface area (Å²) in [5, 5.41) is 10.7. The fourth-order valence-corrected chi connectivity index (χ4v) is 3.13. The summed E-state index contributed by atoms with van der Waals surface area (Å²) in [5.41, 5.74) is 2.22. The molecule has 1 aromatic heterocycles. The average Bonchev–Trinajstić information content (AvgIpc) is 2.45. The Morgan fingerprint density at radius 2 is 1.95 bits per heavy atom. The van der Waals surface area contributed by atoms with Crippen molar-refractivity contribution in [3.63, 3.8) is 0 Å². The van der Waals surface area contributed by atoms with Crippen molar-refractivity contribution in [2.75, 3.05) is 0 Å². The average molecular weight is 298 g/mol. The first-order chi connectivity index (χ1) is 10.1. The first-order valence-electron chi connectivity index (χ1n) is 6.58. The van der Waals surface area contributed by atoms with Crippen molar-refractivity contribution in [1.82, 2.24) is 0 Å². The van der Waals surface area contributed by atoms with Crippen molar-refractivity contribution >= 4 is 22.7 Å². The largest absolute Gasteiger partial charge is 0.507 e. The molecule has 3 rings (SSSR count). The van der Waals surface area contributed by atoms with Crippen LogP contribution in [0.5, 0.6) is 5.75 Å². The van der Waals surface area contributed by atoms with Gasteiger partial charge in [0.1, 0.15) is 11.3 Å². The quantitative estimate of drug-likeness (QED) is 0.584. The number of aryl methyl sites for hydroxylation is 1. The van der Waals surface area contributed by atoms with Gasteiger partial charge >= 0.3 is 5.63 Å². The van der Waals surface area contributed by atoms with Gasteiger partial charge in [0.2, 0.25) is 0 Å². The topological polar surface area (TPSA) is 50.4 Å². The maximum Gasteiger partial charge on any atom is 0.336 e. The predicted octanol–water partition coefficient (Wildman–Crippen LogP) is 4.10. The van der Waals surface area contributed by atoms with Gasteiger partial charge in [0.15, 0.2) is 0 Å². The number of hydrogen-bond donors (Lipinski definition) is 1. The molecule has 21 heavy (non-hydrogen) atoms. The van der Waals surface area contributed by atoms with Gasteiger partial charge < -0.3 is 9.52 Å². The first kappa shape index (κ1) is 13.8. The lowest BCUT2D eigenvalue weighted by molar-refractivity contribution is 0.462. The maximum atomic E-state index is 11.7. The minimum atomic E-state index is -0.346. The summed E-state index contributed by atoms with van der Waals surface area (Å²) >= 11 is 1.50. The van der Waals surface area contributed by atoms with Gasteiger partial charge in [0, 0.05) is 22.1 Å². The Bertz CT molecular complexity index is 852. The highest BCUT2D eigenvalue weighted by molar-refractivity contribution is 7.98. The molecule has 1 N–H and O–H groups in total. The van der Waals surface area contributed by atoms with Crippen LogP contribution in [0.15, 0.2) is 62.6 Å². The van der Waals surface area contributed by atoms with Crippen molar-refractivity contribution in [3.8, 4) is 5.75 Å². The molecule has 0 spiro atoms. The molecule has 0 saturated heterocycles. The van der Waals surface area contributed by atoms with Crippen LogP contribution in [-0.2, 0) is 5.75 Å². The number of phenolic OH excluding ortho intramolecular Hbond substituents is 1. The fourth-order valence-electron chi connectivity index (χ4n) is 2.19. The van der Waals surface area contributed by atoms with E-state index >= 15 is 0 Å².